The monoisotopic (exact) mass is 271 g/mol. The quantitative estimate of drug-likeness (QED) is 0.816. The fraction of sp³-hybridized carbons (Fsp3) is 0.214. The molecular weight excluding hydrogens is 258 g/mol. The second kappa shape index (κ2) is 6.38. The van der Waals surface area contributed by atoms with Crippen LogP contribution in [0.15, 0.2) is 41.2 Å². The van der Waals surface area contributed by atoms with Crippen LogP contribution in [0.4, 0.5) is 0 Å². The molecule has 6 heteroatoms. The number of nitriles is 1. The summed E-state index contributed by atoms with van der Waals surface area (Å²) in [5.74, 6) is 1.02. The van der Waals surface area contributed by atoms with E-state index in [1.807, 2.05) is 6.07 Å². The van der Waals surface area contributed by atoms with Gasteiger partial charge in [0.2, 0.25) is 5.88 Å². The molecule has 0 amide bonds. The number of nitrogens with zero attached hydrogens (tertiary/aromatic N) is 3. The zero-order chi connectivity index (χ0) is 14.4. The fourth-order valence-electron chi connectivity index (χ4n) is 1.57. The lowest BCUT2D eigenvalue weighted by Gasteiger charge is -2.08. The number of benzene rings is 1. The second-order valence-corrected chi connectivity index (χ2v) is 3.92. The van der Waals surface area contributed by atoms with Gasteiger partial charge in [-0.1, -0.05) is 0 Å². The maximum Gasteiger partial charge on any atom is 0.267 e. The molecule has 0 unspecified atom stereocenters. The number of aromatic nitrogens is 2. The third kappa shape index (κ3) is 3.36. The van der Waals surface area contributed by atoms with Crippen LogP contribution in [0, 0.1) is 11.3 Å². The van der Waals surface area contributed by atoms with Crippen LogP contribution < -0.4 is 15.0 Å². The maximum absolute atomic E-state index is 11.6. The minimum Gasteiger partial charge on any atom is -0.492 e. The lowest BCUT2D eigenvalue weighted by molar-refractivity contribution is 0.282. The molecule has 0 bridgehead atoms. The van der Waals surface area contributed by atoms with Crippen molar-refractivity contribution in [2.24, 2.45) is 0 Å². The Morgan fingerprint density at radius 2 is 2.00 bits per heavy atom. The third-order valence-corrected chi connectivity index (χ3v) is 2.61. The molecule has 6 nitrogen and oxygen atoms in total. The van der Waals surface area contributed by atoms with Crippen LogP contribution in [0.1, 0.15) is 5.56 Å². The van der Waals surface area contributed by atoms with E-state index in [0.29, 0.717) is 30.3 Å². The standard InChI is InChI=1S/C14H13N3O3/c1-19-13-6-7-14(18)17(16-13)8-9-20-12-4-2-11(10-15)3-5-12/h2-7H,8-9H2,1H3. The average Bonchev–Trinajstić information content (AvgIpc) is 2.50. The molecule has 0 saturated heterocycles. The molecule has 0 spiro atoms. The molecule has 1 aromatic carbocycles. The largest absolute Gasteiger partial charge is 0.492 e. The van der Waals surface area contributed by atoms with Crippen molar-refractivity contribution < 1.29 is 9.47 Å². The van der Waals surface area contributed by atoms with Gasteiger partial charge in [0.15, 0.2) is 0 Å². The maximum atomic E-state index is 11.6. The first-order chi connectivity index (χ1) is 9.72. The first kappa shape index (κ1) is 13.6. The predicted molar refractivity (Wildman–Crippen MR) is 71.7 cm³/mol. The number of methoxy groups -OCH3 is 1. The van der Waals surface area contributed by atoms with Gasteiger partial charge in [-0.3, -0.25) is 4.79 Å². The van der Waals surface area contributed by atoms with Crippen molar-refractivity contribution in [1.82, 2.24) is 9.78 Å². The van der Waals surface area contributed by atoms with Crippen molar-refractivity contribution in [3.05, 3.63) is 52.3 Å². The molecule has 0 saturated carbocycles. The van der Waals surface area contributed by atoms with E-state index in [0.717, 1.165) is 0 Å². The Labute approximate surface area is 115 Å². The van der Waals surface area contributed by atoms with Crippen LogP contribution in [0.2, 0.25) is 0 Å². The second-order valence-electron chi connectivity index (χ2n) is 3.92. The van der Waals surface area contributed by atoms with Gasteiger partial charge >= 0.3 is 0 Å². The molecule has 0 radical (unpaired) electrons. The smallest absolute Gasteiger partial charge is 0.267 e. The van der Waals surface area contributed by atoms with Gasteiger partial charge in [0.25, 0.3) is 5.56 Å². The molecule has 0 aliphatic rings. The first-order valence-electron chi connectivity index (χ1n) is 5.98. The van der Waals surface area contributed by atoms with E-state index in [9.17, 15) is 4.79 Å². The number of rotatable bonds is 5. The number of ether oxygens (including phenoxy) is 2. The van der Waals surface area contributed by atoms with Crippen LogP contribution in [-0.4, -0.2) is 23.5 Å². The molecule has 1 aromatic heterocycles. The summed E-state index contributed by atoms with van der Waals surface area (Å²) < 4.78 is 11.7. The van der Waals surface area contributed by atoms with Gasteiger partial charge in [-0.15, -0.1) is 5.10 Å². The van der Waals surface area contributed by atoms with Crippen molar-refractivity contribution in [2.45, 2.75) is 6.54 Å². The molecule has 1 heterocycles. The predicted octanol–water partition coefficient (Wildman–Crippen LogP) is 1.20. The summed E-state index contributed by atoms with van der Waals surface area (Å²) in [5.41, 5.74) is 0.359. The molecule has 2 rings (SSSR count). The Bertz CT molecular complexity index is 671. The van der Waals surface area contributed by atoms with Crippen molar-refractivity contribution >= 4 is 0 Å². The van der Waals surface area contributed by atoms with E-state index in [2.05, 4.69) is 5.10 Å². The molecule has 0 aliphatic carbocycles. The van der Waals surface area contributed by atoms with Crippen molar-refractivity contribution in [1.29, 1.82) is 5.26 Å². The third-order valence-electron chi connectivity index (χ3n) is 2.61. The molecule has 0 aliphatic heterocycles. The molecule has 0 atom stereocenters. The van der Waals surface area contributed by atoms with Crippen LogP contribution in [-0.2, 0) is 6.54 Å². The topological polar surface area (TPSA) is 77.1 Å². The van der Waals surface area contributed by atoms with E-state index >= 15 is 0 Å². The van der Waals surface area contributed by atoms with Crippen molar-refractivity contribution in [2.75, 3.05) is 13.7 Å². The van der Waals surface area contributed by atoms with E-state index < -0.39 is 0 Å². The van der Waals surface area contributed by atoms with Gasteiger partial charge in [0, 0.05) is 12.1 Å². The van der Waals surface area contributed by atoms with Gasteiger partial charge in [-0.25, -0.2) is 4.68 Å². The van der Waals surface area contributed by atoms with Crippen LogP contribution in [0.5, 0.6) is 11.6 Å². The zero-order valence-electron chi connectivity index (χ0n) is 10.9. The summed E-state index contributed by atoms with van der Waals surface area (Å²) in [6, 6.07) is 11.7. The average molecular weight is 271 g/mol. The molecule has 102 valence electrons. The highest BCUT2D eigenvalue weighted by atomic mass is 16.5. The summed E-state index contributed by atoms with van der Waals surface area (Å²) in [4.78, 5) is 11.6. The van der Waals surface area contributed by atoms with E-state index in [4.69, 9.17) is 14.7 Å². The van der Waals surface area contributed by atoms with Crippen LogP contribution in [0.3, 0.4) is 0 Å². The summed E-state index contributed by atoms with van der Waals surface area (Å²) in [5, 5.41) is 12.7. The Hall–Kier alpha value is -2.81. The van der Waals surface area contributed by atoms with Gasteiger partial charge in [-0.05, 0) is 24.3 Å². The summed E-state index contributed by atoms with van der Waals surface area (Å²) >= 11 is 0. The minimum absolute atomic E-state index is 0.214. The van der Waals surface area contributed by atoms with Gasteiger partial charge in [0.1, 0.15) is 12.4 Å². The summed E-state index contributed by atoms with van der Waals surface area (Å²) in [6.45, 7) is 0.613. The van der Waals surface area contributed by atoms with Crippen LogP contribution in [0.25, 0.3) is 0 Å². The van der Waals surface area contributed by atoms with E-state index in [1.165, 1.54) is 23.9 Å². The van der Waals surface area contributed by atoms with Crippen molar-refractivity contribution in [3.8, 4) is 17.7 Å². The molecule has 2 aromatic rings. The Kier molecular flexibility index (Phi) is 4.35. The normalized spacial score (nSPS) is 9.80. The SMILES string of the molecule is COc1ccc(=O)n(CCOc2ccc(C#N)cc2)n1. The lowest BCUT2D eigenvalue weighted by Crippen LogP contribution is -2.25. The van der Waals surface area contributed by atoms with Gasteiger partial charge in [0.05, 0.1) is 25.3 Å². The Morgan fingerprint density at radius 1 is 1.25 bits per heavy atom. The molecule has 20 heavy (non-hydrogen) atoms. The minimum atomic E-state index is -0.214. The number of hydrogen-bond donors (Lipinski definition) is 0. The number of hydrogen-bond acceptors (Lipinski definition) is 5. The van der Waals surface area contributed by atoms with Gasteiger partial charge in [-0.2, -0.15) is 5.26 Å². The lowest BCUT2D eigenvalue weighted by atomic mass is 10.2. The Morgan fingerprint density at radius 3 is 2.65 bits per heavy atom. The van der Waals surface area contributed by atoms with Crippen molar-refractivity contribution in [3.63, 3.8) is 0 Å². The summed E-state index contributed by atoms with van der Waals surface area (Å²) in [6.07, 6.45) is 0. The molecule has 0 N–H and O–H groups in total. The highest BCUT2D eigenvalue weighted by Gasteiger charge is 2.01. The highest BCUT2D eigenvalue weighted by Crippen LogP contribution is 2.11. The fourth-order valence-corrected chi connectivity index (χ4v) is 1.57. The first-order valence-corrected chi connectivity index (χ1v) is 5.98. The van der Waals surface area contributed by atoms with Crippen LogP contribution >= 0.6 is 0 Å². The van der Waals surface area contributed by atoms with Gasteiger partial charge < -0.3 is 9.47 Å². The van der Waals surface area contributed by atoms with E-state index in [-0.39, 0.29) is 5.56 Å². The Balaban J connectivity index is 1.95. The zero-order valence-corrected chi connectivity index (χ0v) is 10.9. The van der Waals surface area contributed by atoms with E-state index in [1.54, 1.807) is 24.3 Å². The molecular formula is C14H13N3O3. The summed E-state index contributed by atoms with van der Waals surface area (Å²) in [7, 11) is 1.49. The highest BCUT2D eigenvalue weighted by molar-refractivity contribution is 5.34. The molecule has 0 fully saturated rings.